The van der Waals surface area contributed by atoms with Crippen LogP contribution < -0.4 is 0 Å². The average Bonchev–Trinajstić information content (AvgIpc) is 1.87. The van der Waals surface area contributed by atoms with Crippen LogP contribution in [-0.4, -0.2) is 10.5 Å². The fourth-order valence-corrected chi connectivity index (χ4v) is 1.88. The van der Waals surface area contributed by atoms with Crippen molar-refractivity contribution >= 4 is 11.8 Å². The molecule has 0 radical (unpaired) electrons. The molecule has 2 unspecified atom stereocenters. The van der Waals surface area contributed by atoms with Crippen LogP contribution in [0.3, 0.4) is 0 Å². The Morgan fingerprint density at radius 3 is 1.73 bits per heavy atom. The Labute approximate surface area is 72.2 Å². The molecule has 0 amide bonds. The van der Waals surface area contributed by atoms with E-state index in [1.54, 1.807) is 11.8 Å². The summed E-state index contributed by atoms with van der Waals surface area (Å²) in [4.78, 5) is 0. The van der Waals surface area contributed by atoms with Crippen LogP contribution in [0.4, 0.5) is 0 Å². The Morgan fingerprint density at radius 2 is 1.45 bits per heavy atom. The second kappa shape index (κ2) is 6.07. The maximum absolute atomic E-state index is 8.35. The Kier molecular flexibility index (Phi) is 5.70. The van der Waals surface area contributed by atoms with Gasteiger partial charge in [0, 0.05) is 23.3 Å². The zero-order valence-electron chi connectivity index (χ0n) is 6.87. The molecule has 2 nitrogen and oxygen atoms in total. The van der Waals surface area contributed by atoms with Crippen LogP contribution in [0.2, 0.25) is 0 Å². The van der Waals surface area contributed by atoms with E-state index in [4.69, 9.17) is 10.5 Å². The smallest absolute Gasteiger partial charge is 0.0633 e. The molecular formula is C8H12N2S. The molecule has 0 N–H and O–H groups in total. The predicted molar refractivity (Wildman–Crippen MR) is 47.0 cm³/mol. The van der Waals surface area contributed by atoms with E-state index in [0.29, 0.717) is 23.3 Å². The Balaban J connectivity index is 3.51. The summed E-state index contributed by atoms with van der Waals surface area (Å²) in [5, 5.41) is 17.4. The van der Waals surface area contributed by atoms with Crippen LogP contribution in [-0.2, 0) is 0 Å². The number of thioether (sulfide) groups is 1. The van der Waals surface area contributed by atoms with Crippen molar-refractivity contribution in [3.05, 3.63) is 0 Å². The highest BCUT2D eigenvalue weighted by atomic mass is 32.2. The number of rotatable bonds is 4. The minimum absolute atomic E-state index is 0.350. The van der Waals surface area contributed by atoms with Crippen LogP contribution in [0.25, 0.3) is 0 Å². The van der Waals surface area contributed by atoms with Crippen molar-refractivity contribution in [1.29, 1.82) is 10.5 Å². The van der Waals surface area contributed by atoms with E-state index in [0.717, 1.165) is 0 Å². The Morgan fingerprint density at radius 1 is 1.09 bits per heavy atom. The third-order valence-corrected chi connectivity index (χ3v) is 2.48. The maximum atomic E-state index is 8.35. The molecule has 0 fully saturated rings. The molecule has 0 spiro atoms. The first-order chi connectivity index (χ1) is 5.20. The highest BCUT2D eigenvalue weighted by molar-refractivity contribution is 8.00. The van der Waals surface area contributed by atoms with E-state index in [1.807, 2.05) is 13.8 Å². The van der Waals surface area contributed by atoms with Crippen molar-refractivity contribution in [1.82, 2.24) is 0 Å². The molecule has 0 aromatic heterocycles. The van der Waals surface area contributed by atoms with Gasteiger partial charge in [-0.25, -0.2) is 0 Å². The van der Waals surface area contributed by atoms with E-state index in [-0.39, 0.29) is 0 Å². The van der Waals surface area contributed by atoms with Crippen molar-refractivity contribution in [2.45, 2.75) is 37.2 Å². The second-order valence-electron chi connectivity index (χ2n) is 2.48. The fourth-order valence-electron chi connectivity index (χ4n) is 0.750. The van der Waals surface area contributed by atoms with Gasteiger partial charge in [-0.3, -0.25) is 0 Å². The van der Waals surface area contributed by atoms with Crippen LogP contribution in [0, 0.1) is 22.7 Å². The molecule has 60 valence electrons. The van der Waals surface area contributed by atoms with Gasteiger partial charge in [-0.15, -0.1) is 0 Å². The van der Waals surface area contributed by atoms with Crippen molar-refractivity contribution in [2.24, 2.45) is 0 Å². The van der Waals surface area contributed by atoms with E-state index in [9.17, 15) is 0 Å². The minimum atomic E-state index is 0.350. The Bertz CT molecular complexity index is 158. The summed E-state index contributed by atoms with van der Waals surface area (Å²) in [5.74, 6) is 0. The van der Waals surface area contributed by atoms with Crippen LogP contribution in [0.1, 0.15) is 26.7 Å². The molecular weight excluding hydrogens is 156 g/mol. The predicted octanol–water partition coefficient (Wildman–Crippen LogP) is 2.32. The highest BCUT2D eigenvalue weighted by Crippen LogP contribution is 2.21. The zero-order valence-corrected chi connectivity index (χ0v) is 7.69. The zero-order chi connectivity index (χ0) is 8.69. The average molecular weight is 168 g/mol. The first-order valence-corrected chi connectivity index (χ1v) is 4.54. The molecule has 3 heteroatoms. The van der Waals surface area contributed by atoms with Crippen molar-refractivity contribution in [2.75, 3.05) is 0 Å². The largest absolute Gasteiger partial charge is 0.198 e. The van der Waals surface area contributed by atoms with E-state index >= 15 is 0 Å². The molecule has 0 saturated carbocycles. The molecule has 0 saturated heterocycles. The summed E-state index contributed by atoms with van der Waals surface area (Å²) in [5.41, 5.74) is 0. The molecule has 11 heavy (non-hydrogen) atoms. The van der Waals surface area contributed by atoms with Gasteiger partial charge in [-0.05, 0) is 0 Å². The van der Waals surface area contributed by atoms with Gasteiger partial charge in [0.1, 0.15) is 0 Å². The standard InChI is InChI=1S/C8H12N2S/c1-7(3-5-9)11-8(2)4-6-10/h7-8H,3-4H2,1-2H3. The van der Waals surface area contributed by atoms with Crippen molar-refractivity contribution < 1.29 is 0 Å². The maximum Gasteiger partial charge on any atom is 0.0633 e. The molecule has 0 aliphatic heterocycles. The molecule has 0 rings (SSSR count). The Hall–Kier alpha value is -0.670. The molecule has 2 atom stereocenters. The lowest BCUT2D eigenvalue weighted by Crippen LogP contribution is -2.02. The number of hydrogen-bond acceptors (Lipinski definition) is 3. The number of hydrogen-bond donors (Lipinski definition) is 0. The van der Waals surface area contributed by atoms with Gasteiger partial charge in [0.2, 0.25) is 0 Å². The summed E-state index contributed by atoms with van der Waals surface area (Å²) >= 11 is 1.70. The summed E-state index contributed by atoms with van der Waals surface area (Å²) in [7, 11) is 0. The third kappa shape index (κ3) is 5.76. The topological polar surface area (TPSA) is 47.6 Å². The van der Waals surface area contributed by atoms with Gasteiger partial charge in [-0.1, -0.05) is 13.8 Å². The van der Waals surface area contributed by atoms with E-state index < -0.39 is 0 Å². The summed E-state index contributed by atoms with van der Waals surface area (Å²) in [6.07, 6.45) is 1.14. The molecule has 0 aromatic rings. The van der Waals surface area contributed by atoms with Crippen LogP contribution in [0.15, 0.2) is 0 Å². The first kappa shape index (κ1) is 10.3. The van der Waals surface area contributed by atoms with Gasteiger partial charge in [-0.2, -0.15) is 22.3 Å². The lowest BCUT2D eigenvalue weighted by molar-refractivity contribution is 0.938. The normalized spacial score (nSPS) is 14.5. The summed E-state index contributed by atoms with van der Waals surface area (Å²) in [6.45, 7) is 4.03. The number of nitrogens with zero attached hydrogens (tertiary/aromatic N) is 2. The molecule has 0 aliphatic carbocycles. The number of nitriles is 2. The van der Waals surface area contributed by atoms with Gasteiger partial charge in [0.15, 0.2) is 0 Å². The first-order valence-electron chi connectivity index (χ1n) is 3.60. The summed E-state index contributed by atoms with van der Waals surface area (Å²) < 4.78 is 0. The SMILES string of the molecule is CC(CC#N)SC(C)CC#N. The molecule has 0 aromatic carbocycles. The van der Waals surface area contributed by atoms with Gasteiger partial charge in [0.25, 0.3) is 0 Å². The van der Waals surface area contributed by atoms with Crippen molar-refractivity contribution in [3.63, 3.8) is 0 Å². The lowest BCUT2D eigenvalue weighted by Gasteiger charge is -2.10. The molecule has 0 heterocycles. The molecule has 0 bridgehead atoms. The van der Waals surface area contributed by atoms with Crippen LogP contribution in [0.5, 0.6) is 0 Å². The van der Waals surface area contributed by atoms with Gasteiger partial charge >= 0.3 is 0 Å². The fraction of sp³-hybridized carbons (Fsp3) is 0.750. The van der Waals surface area contributed by atoms with Crippen molar-refractivity contribution in [3.8, 4) is 12.1 Å². The lowest BCUT2D eigenvalue weighted by atomic mass is 10.3. The quantitative estimate of drug-likeness (QED) is 0.647. The second-order valence-corrected chi connectivity index (χ2v) is 4.36. The minimum Gasteiger partial charge on any atom is -0.198 e. The van der Waals surface area contributed by atoms with E-state index in [1.165, 1.54) is 0 Å². The summed E-state index contributed by atoms with van der Waals surface area (Å²) in [6, 6.07) is 4.22. The third-order valence-electron chi connectivity index (χ3n) is 1.22. The van der Waals surface area contributed by atoms with E-state index in [2.05, 4.69) is 12.1 Å². The highest BCUT2D eigenvalue weighted by Gasteiger charge is 2.07. The monoisotopic (exact) mass is 168 g/mol. The van der Waals surface area contributed by atoms with Crippen LogP contribution >= 0.6 is 11.8 Å². The van der Waals surface area contributed by atoms with Gasteiger partial charge < -0.3 is 0 Å². The van der Waals surface area contributed by atoms with Gasteiger partial charge in [0.05, 0.1) is 12.1 Å². The molecule has 0 aliphatic rings.